The molecule has 1 aliphatic rings. The molecule has 6 nitrogen and oxygen atoms in total. The van der Waals surface area contributed by atoms with Gasteiger partial charge in [0.2, 0.25) is 0 Å². The van der Waals surface area contributed by atoms with E-state index in [4.69, 9.17) is 4.42 Å². The van der Waals surface area contributed by atoms with Crippen molar-refractivity contribution in [2.45, 2.75) is 52.7 Å². The van der Waals surface area contributed by atoms with E-state index in [2.05, 4.69) is 23.7 Å². The highest BCUT2D eigenvalue weighted by Crippen LogP contribution is 2.22. The van der Waals surface area contributed by atoms with Gasteiger partial charge in [-0.25, -0.2) is 4.98 Å². The fourth-order valence-corrected chi connectivity index (χ4v) is 3.44. The van der Waals surface area contributed by atoms with Crippen LogP contribution in [-0.4, -0.2) is 45.4 Å². The number of rotatable bonds is 7. The summed E-state index contributed by atoms with van der Waals surface area (Å²) in [5, 5.41) is 0. The van der Waals surface area contributed by atoms with Gasteiger partial charge >= 0.3 is 0 Å². The number of imidazole rings is 1. The van der Waals surface area contributed by atoms with Crippen LogP contribution in [-0.2, 0) is 26.1 Å². The molecule has 1 saturated heterocycles. The maximum absolute atomic E-state index is 12.8. The Morgan fingerprint density at radius 3 is 2.76 bits per heavy atom. The van der Waals surface area contributed by atoms with Crippen molar-refractivity contribution in [3.05, 3.63) is 41.4 Å². The quantitative estimate of drug-likeness (QED) is 0.775. The average molecular weight is 344 g/mol. The monoisotopic (exact) mass is 344 g/mol. The minimum Gasteiger partial charge on any atom is -0.456 e. The van der Waals surface area contributed by atoms with Gasteiger partial charge in [0.05, 0.1) is 6.54 Å². The molecule has 0 saturated carbocycles. The van der Waals surface area contributed by atoms with Crippen LogP contribution in [0.15, 0.2) is 22.9 Å². The van der Waals surface area contributed by atoms with Crippen LogP contribution >= 0.6 is 0 Å². The Kier molecular flexibility index (Phi) is 5.58. The number of nitrogens with zero attached hydrogens (tertiary/aromatic N) is 4. The van der Waals surface area contributed by atoms with Crippen molar-refractivity contribution in [3.8, 4) is 0 Å². The minimum atomic E-state index is -0.0898. The van der Waals surface area contributed by atoms with Gasteiger partial charge in [-0.1, -0.05) is 6.92 Å². The highest BCUT2D eigenvalue weighted by Gasteiger charge is 2.22. The molecular weight excluding hydrogens is 316 g/mol. The van der Waals surface area contributed by atoms with Gasteiger partial charge in [0.15, 0.2) is 5.76 Å². The molecule has 0 spiro atoms. The molecule has 0 aromatic carbocycles. The molecule has 2 aromatic rings. The molecule has 0 N–H and O–H groups in total. The summed E-state index contributed by atoms with van der Waals surface area (Å²) in [6.07, 6.45) is 7.04. The SMILES string of the molecule is CCc1oc(C(=O)N(C)Cc2nccn2CC)cc1CN1CCCC1. The lowest BCUT2D eigenvalue weighted by Crippen LogP contribution is -2.27. The van der Waals surface area contributed by atoms with E-state index in [0.717, 1.165) is 49.7 Å². The summed E-state index contributed by atoms with van der Waals surface area (Å²) in [5.74, 6) is 2.16. The van der Waals surface area contributed by atoms with Gasteiger partial charge in [-0.05, 0) is 38.9 Å². The lowest BCUT2D eigenvalue weighted by Gasteiger charge is -2.16. The average Bonchev–Trinajstić information content (AvgIpc) is 3.35. The topological polar surface area (TPSA) is 54.5 Å². The normalized spacial score (nSPS) is 15.0. The molecular formula is C19H28N4O2. The van der Waals surface area contributed by atoms with Crippen molar-refractivity contribution in [2.24, 2.45) is 0 Å². The summed E-state index contributed by atoms with van der Waals surface area (Å²) in [7, 11) is 1.80. The second kappa shape index (κ2) is 7.87. The van der Waals surface area contributed by atoms with Crippen LogP contribution in [0, 0.1) is 0 Å². The second-order valence-corrected chi connectivity index (χ2v) is 6.69. The third kappa shape index (κ3) is 3.95. The van der Waals surface area contributed by atoms with Gasteiger partial charge in [0, 0.05) is 44.5 Å². The minimum absolute atomic E-state index is 0.0898. The molecule has 25 heavy (non-hydrogen) atoms. The van der Waals surface area contributed by atoms with Crippen LogP contribution in [0.1, 0.15) is 54.4 Å². The van der Waals surface area contributed by atoms with Crippen LogP contribution in [0.5, 0.6) is 0 Å². The Morgan fingerprint density at radius 2 is 2.08 bits per heavy atom. The number of aryl methyl sites for hydroxylation is 2. The molecule has 136 valence electrons. The van der Waals surface area contributed by atoms with E-state index in [9.17, 15) is 4.79 Å². The molecule has 6 heteroatoms. The van der Waals surface area contributed by atoms with Crippen LogP contribution in [0.3, 0.4) is 0 Å². The zero-order valence-corrected chi connectivity index (χ0v) is 15.5. The molecule has 2 aromatic heterocycles. The Hall–Kier alpha value is -2.08. The fraction of sp³-hybridized carbons (Fsp3) is 0.579. The molecule has 0 atom stereocenters. The van der Waals surface area contributed by atoms with Gasteiger partial charge in [-0.15, -0.1) is 0 Å². The maximum atomic E-state index is 12.8. The van der Waals surface area contributed by atoms with Crippen molar-refractivity contribution in [1.82, 2.24) is 19.4 Å². The van der Waals surface area contributed by atoms with E-state index >= 15 is 0 Å². The summed E-state index contributed by atoms with van der Waals surface area (Å²) >= 11 is 0. The number of hydrogen-bond acceptors (Lipinski definition) is 4. The van der Waals surface area contributed by atoms with Crippen molar-refractivity contribution in [1.29, 1.82) is 0 Å². The van der Waals surface area contributed by atoms with E-state index < -0.39 is 0 Å². The molecule has 1 amide bonds. The summed E-state index contributed by atoms with van der Waals surface area (Å²) in [4.78, 5) is 21.2. The lowest BCUT2D eigenvalue weighted by molar-refractivity contribution is 0.0746. The van der Waals surface area contributed by atoms with E-state index in [1.807, 2.05) is 16.8 Å². The highest BCUT2D eigenvalue weighted by molar-refractivity contribution is 5.91. The lowest BCUT2D eigenvalue weighted by atomic mass is 10.2. The smallest absolute Gasteiger partial charge is 0.289 e. The summed E-state index contributed by atoms with van der Waals surface area (Å²) in [6, 6.07) is 1.93. The third-order valence-corrected chi connectivity index (χ3v) is 4.89. The third-order valence-electron chi connectivity index (χ3n) is 4.89. The first-order valence-electron chi connectivity index (χ1n) is 9.21. The molecule has 1 fully saturated rings. The predicted octanol–water partition coefficient (Wildman–Crippen LogP) is 2.93. The standard InChI is InChI=1S/C19H28N4O2/c1-4-16-15(13-22-9-6-7-10-22)12-17(25-16)19(24)21(3)14-18-20-8-11-23(18)5-2/h8,11-12H,4-7,9-10,13-14H2,1-3H3. The Balaban J connectivity index is 1.71. The van der Waals surface area contributed by atoms with Gasteiger partial charge in [0.25, 0.3) is 5.91 Å². The number of aromatic nitrogens is 2. The Morgan fingerprint density at radius 1 is 1.32 bits per heavy atom. The molecule has 0 aliphatic carbocycles. The second-order valence-electron chi connectivity index (χ2n) is 6.69. The van der Waals surface area contributed by atoms with Gasteiger partial charge in [-0.2, -0.15) is 0 Å². The van der Waals surface area contributed by atoms with Crippen LogP contribution in [0.4, 0.5) is 0 Å². The molecule has 0 unspecified atom stereocenters. The Bertz CT molecular complexity index is 713. The van der Waals surface area contributed by atoms with Gasteiger partial charge < -0.3 is 13.9 Å². The van der Waals surface area contributed by atoms with E-state index in [-0.39, 0.29) is 5.91 Å². The predicted molar refractivity (Wildman–Crippen MR) is 96.3 cm³/mol. The van der Waals surface area contributed by atoms with Crippen LogP contribution in [0.2, 0.25) is 0 Å². The molecule has 0 radical (unpaired) electrons. The molecule has 0 bridgehead atoms. The first-order valence-corrected chi connectivity index (χ1v) is 9.21. The first-order chi connectivity index (χ1) is 12.1. The number of likely N-dealkylation sites (tertiary alicyclic amines) is 1. The van der Waals surface area contributed by atoms with Crippen LogP contribution in [0.25, 0.3) is 0 Å². The summed E-state index contributed by atoms with van der Waals surface area (Å²) in [5.41, 5.74) is 1.15. The van der Waals surface area contributed by atoms with E-state index in [0.29, 0.717) is 12.3 Å². The number of carbonyl (C=O) groups is 1. The number of amides is 1. The first kappa shape index (κ1) is 17.7. The number of hydrogen-bond donors (Lipinski definition) is 0. The molecule has 1 aliphatic heterocycles. The highest BCUT2D eigenvalue weighted by atomic mass is 16.4. The van der Waals surface area contributed by atoms with Gasteiger partial charge in [-0.3, -0.25) is 9.69 Å². The largest absolute Gasteiger partial charge is 0.456 e. The van der Waals surface area contributed by atoms with Gasteiger partial charge in [0.1, 0.15) is 11.6 Å². The zero-order chi connectivity index (χ0) is 17.8. The van der Waals surface area contributed by atoms with Crippen LogP contribution < -0.4 is 0 Å². The maximum Gasteiger partial charge on any atom is 0.289 e. The van der Waals surface area contributed by atoms with Crippen molar-refractivity contribution in [2.75, 3.05) is 20.1 Å². The summed E-state index contributed by atoms with van der Waals surface area (Å²) < 4.78 is 7.93. The molecule has 3 rings (SSSR count). The van der Waals surface area contributed by atoms with E-state index in [1.165, 1.54) is 12.8 Å². The zero-order valence-electron chi connectivity index (χ0n) is 15.5. The Labute approximate surface area is 149 Å². The van der Waals surface area contributed by atoms with Crippen molar-refractivity contribution < 1.29 is 9.21 Å². The molecule has 3 heterocycles. The van der Waals surface area contributed by atoms with Crippen molar-refractivity contribution in [3.63, 3.8) is 0 Å². The summed E-state index contributed by atoms with van der Waals surface area (Å²) in [6.45, 7) is 8.61. The fourth-order valence-electron chi connectivity index (χ4n) is 3.44. The van der Waals surface area contributed by atoms with Crippen molar-refractivity contribution >= 4 is 5.91 Å². The van der Waals surface area contributed by atoms with E-state index in [1.54, 1.807) is 18.1 Å². The number of furan rings is 1. The number of carbonyl (C=O) groups excluding carboxylic acids is 1.